The van der Waals surface area contributed by atoms with E-state index in [2.05, 4.69) is 34.3 Å². The quantitative estimate of drug-likeness (QED) is 0.696. The summed E-state index contributed by atoms with van der Waals surface area (Å²) in [7, 11) is 3.21. The van der Waals surface area contributed by atoms with Gasteiger partial charge in [-0.3, -0.25) is 0 Å². The van der Waals surface area contributed by atoms with Crippen LogP contribution in [0.1, 0.15) is 20.8 Å². The van der Waals surface area contributed by atoms with E-state index in [0.29, 0.717) is 16.5 Å². The molecule has 1 aromatic carbocycles. The first-order valence-corrected chi connectivity index (χ1v) is 7.86. The van der Waals surface area contributed by atoms with E-state index in [0.717, 1.165) is 5.56 Å². The van der Waals surface area contributed by atoms with Crippen LogP contribution in [0.2, 0.25) is 5.02 Å². The smallest absolute Gasteiger partial charge is 0.145 e. The third kappa shape index (κ3) is 2.76. The van der Waals surface area contributed by atoms with Crippen molar-refractivity contribution >= 4 is 38.9 Å². The van der Waals surface area contributed by atoms with Crippen molar-refractivity contribution in [2.45, 2.75) is 11.8 Å². The van der Waals surface area contributed by atoms with Crippen molar-refractivity contribution in [3.63, 3.8) is 0 Å². The lowest BCUT2D eigenvalue weighted by molar-refractivity contribution is 0.392. The predicted molar refractivity (Wildman–Crippen MR) is 84.4 cm³/mol. The third-order valence-electron chi connectivity index (χ3n) is 2.92. The van der Waals surface area contributed by atoms with E-state index >= 15 is 0 Å². The van der Waals surface area contributed by atoms with Gasteiger partial charge in [-0.05, 0) is 30.0 Å². The highest BCUT2D eigenvalue weighted by Crippen LogP contribution is 2.45. The van der Waals surface area contributed by atoms with E-state index in [9.17, 15) is 0 Å². The van der Waals surface area contributed by atoms with Crippen LogP contribution in [0.4, 0.5) is 0 Å². The molecule has 2 aromatic rings. The maximum atomic E-state index is 6.29. The van der Waals surface area contributed by atoms with Crippen LogP contribution < -0.4 is 9.47 Å². The van der Waals surface area contributed by atoms with Crippen molar-refractivity contribution in [1.29, 1.82) is 0 Å². The molecule has 0 N–H and O–H groups in total. The summed E-state index contributed by atoms with van der Waals surface area (Å²) < 4.78 is 10.7. The summed E-state index contributed by atoms with van der Waals surface area (Å²) in [5.41, 5.74) is 2.25. The van der Waals surface area contributed by atoms with Crippen molar-refractivity contribution in [3.05, 3.63) is 44.6 Å². The van der Waals surface area contributed by atoms with Crippen LogP contribution >= 0.6 is 38.9 Å². The number of ether oxygens (including phenoxy) is 2. The molecule has 0 aliphatic rings. The van der Waals surface area contributed by atoms with E-state index < -0.39 is 0 Å². The molecule has 0 saturated heterocycles. The highest BCUT2D eigenvalue weighted by Gasteiger charge is 2.21. The zero-order chi connectivity index (χ0) is 14.0. The number of halogens is 2. The monoisotopic (exact) mass is 360 g/mol. The molecule has 19 heavy (non-hydrogen) atoms. The van der Waals surface area contributed by atoms with E-state index in [1.165, 1.54) is 10.4 Å². The van der Waals surface area contributed by atoms with Crippen molar-refractivity contribution in [3.8, 4) is 11.5 Å². The first kappa shape index (κ1) is 14.7. The molecule has 2 rings (SSSR count). The van der Waals surface area contributed by atoms with Crippen LogP contribution in [0.5, 0.6) is 11.5 Å². The van der Waals surface area contributed by atoms with Crippen LogP contribution in [0.25, 0.3) is 0 Å². The topological polar surface area (TPSA) is 18.5 Å². The van der Waals surface area contributed by atoms with Crippen LogP contribution in [-0.4, -0.2) is 14.2 Å². The van der Waals surface area contributed by atoms with Crippen molar-refractivity contribution in [2.75, 3.05) is 14.2 Å². The second kappa shape index (κ2) is 6.16. The van der Waals surface area contributed by atoms with Crippen LogP contribution in [0, 0.1) is 6.92 Å². The predicted octanol–water partition coefficient (Wildman–Crippen LogP) is 5.21. The maximum Gasteiger partial charge on any atom is 0.145 e. The van der Waals surface area contributed by atoms with Crippen molar-refractivity contribution in [1.82, 2.24) is 0 Å². The Morgan fingerprint density at radius 3 is 2.47 bits per heavy atom. The van der Waals surface area contributed by atoms with Gasteiger partial charge in [-0.25, -0.2) is 0 Å². The van der Waals surface area contributed by atoms with Gasteiger partial charge in [0.05, 0.1) is 19.0 Å². The summed E-state index contributed by atoms with van der Waals surface area (Å²) in [6.07, 6.45) is 0. The Kier molecular flexibility index (Phi) is 4.76. The van der Waals surface area contributed by atoms with Gasteiger partial charge in [0.1, 0.15) is 16.5 Å². The minimum Gasteiger partial charge on any atom is -0.495 e. The van der Waals surface area contributed by atoms with E-state index in [1.807, 2.05) is 12.1 Å². The van der Waals surface area contributed by atoms with Gasteiger partial charge in [-0.2, -0.15) is 0 Å². The summed E-state index contributed by atoms with van der Waals surface area (Å²) >= 11 is 11.7. The average molecular weight is 362 g/mol. The molecule has 1 heterocycles. The Bertz CT molecular complexity index is 583. The van der Waals surface area contributed by atoms with Gasteiger partial charge < -0.3 is 9.47 Å². The van der Waals surface area contributed by atoms with Gasteiger partial charge in [0.15, 0.2) is 0 Å². The molecule has 1 unspecified atom stereocenters. The largest absolute Gasteiger partial charge is 0.495 e. The second-order valence-corrected chi connectivity index (χ2v) is 6.28. The molecule has 0 bridgehead atoms. The lowest BCUT2D eigenvalue weighted by Gasteiger charge is -2.17. The van der Waals surface area contributed by atoms with Crippen molar-refractivity contribution in [2.24, 2.45) is 0 Å². The highest BCUT2D eigenvalue weighted by atomic mass is 79.9. The summed E-state index contributed by atoms with van der Waals surface area (Å²) in [6, 6.07) is 5.94. The van der Waals surface area contributed by atoms with E-state index in [4.69, 9.17) is 21.1 Å². The Morgan fingerprint density at radius 1 is 1.21 bits per heavy atom. The first-order valence-electron chi connectivity index (χ1n) is 5.68. The van der Waals surface area contributed by atoms with Gasteiger partial charge in [-0.15, -0.1) is 11.3 Å². The minimum absolute atomic E-state index is 0.0610. The molecule has 0 amide bonds. The SMILES string of the molecule is COc1ccc(C(Br)c2sccc2C)c(OC)c1Cl. The fraction of sp³-hybridized carbons (Fsp3) is 0.286. The fourth-order valence-corrected chi connectivity index (χ4v) is 4.19. The third-order valence-corrected chi connectivity index (χ3v) is 5.62. The Balaban J connectivity index is 2.51. The Labute approximate surface area is 130 Å². The highest BCUT2D eigenvalue weighted by molar-refractivity contribution is 9.09. The molecule has 0 saturated carbocycles. The fourth-order valence-electron chi connectivity index (χ4n) is 1.90. The molecule has 1 atom stereocenters. The van der Waals surface area contributed by atoms with Gasteiger partial charge >= 0.3 is 0 Å². The van der Waals surface area contributed by atoms with Crippen molar-refractivity contribution < 1.29 is 9.47 Å². The number of benzene rings is 1. The normalized spacial score (nSPS) is 12.3. The molecule has 0 aliphatic carbocycles. The standard InChI is InChI=1S/C14H14BrClO2S/c1-8-6-7-19-14(8)11(15)9-4-5-10(17-2)12(16)13(9)18-3/h4-7,11H,1-3H3. The molecule has 0 spiro atoms. The number of methoxy groups -OCH3 is 2. The maximum absolute atomic E-state index is 6.29. The lowest BCUT2D eigenvalue weighted by atomic mass is 10.1. The Morgan fingerprint density at radius 2 is 1.95 bits per heavy atom. The van der Waals surface area contributed by atoms with Crippen LogP contribution in [-0.2, 0) is 0 Å². The number of aryl methyl sites for hydroxylation is 1. The number of alkyl halides is 1. The molecule has 102 valence electrons. The average Bonchev–Trinajstić information content (AvgIpc) is 2.83. The number of thiophene rings is 1. The summed E-state index contributed by atoms with van der Waals surface area (Å²) in [5, 5.41) is 2.58. The van der Waals surface area contributed by atoms with Gasteiger partial charge in [-0.1, -0.05) is 33.6 Å². The summed E-state index contributed by atoms with van der Waals surface area (Å²) in [5.74, 6) is 1.26. The van der Waals surface area contributed by atoms with Gasteiger partial charge in [0.2, 0.25) is 0 Å². The molecule has 0 fully saturated rings. The molecule has 5 heteroatoms. The van der Waals surface area contributed by atoms with Crippen LogP contribution in [0.3, 0.4) is 0 Å². The zero-order valence-electron chi connectivity index (χ0n) is 10.9. The molecular weight excluding hydrogens is 348 g/mol. The Hall–Kier alpha value is -0.710. The van der Waals surface area contributed by atoms with Crippen LogP contribution in [0.15, 0.2) is 23.6 Å². The number of hydrogen-bond donors (Lipinski definition) is 0. The molecule has 0 aliphatic heterocycles. The summed E-state index contributed by atoms with van der Waals surface area (Å²) in [4.78, 5) is 1.31. The molecule has 2 nitrogen and oxygen atoms in total. The first-order chi connectivity index (χ1) is 9.10. The zero-order valence-corrected chi connectivity index (χ0v) is 14.0. The minimum atomic E-state index is 0.0610. The van der Waals surface area contributed by atoms with E-state index in [-0.39, 0.29) is 4.83 Å². The molecular formula is C14H14BrClO2S. The molecule has 1 aromatic heterocycles. The number of rotatable bonds is 4. The lowest BCUT2D eigenvalue weighted by Crippen LogP contribution is -1.99. The van der Waals surface area contributed by atoms with Gasteiger partial charge in [0, 0.05) is 10.4 Å². The second-order valence-electron chi connectivity index (χ2n) is 4.03. The van der Waals surface area contributed by atoms with Gasteiger partial charge in [0.25, 0.3) is 0 Å². The number of hydrogen-bond acceptors (Lipinski definition) is 3. The summed E-state index contributed by atoms with van der Waals surface area (Å²) in [6.45, 7) is 2.09. The molecule has 0 radical (unpaired) electrons. The van der Waals surface area contributed by atoms with E-state index in [1.54, 1.807) is 25.6 Å².